The lowest BCUT2D eigenvalue weighted by Gasteiger charge is -2.14. The second-order valence-electron chi connectivity index (χ2n) is 4.31. The monoisotopic (exact) mass is 288 g/mol. The largest absolute Gasteiger partial charge is 0.497 e. The summed E-state index contributed by atoms with van der Waals surface area (Å²) in [7, 11) is -2.27. The SMILES string of the molecule is COc1ccc2c(c1)/C=C\c1ccccc1S(=O)(=O)O2. The van der Waals surface area contributed by atoms with E-state index in [9.17, 15) is 8.42 Å². The van der Waals surface area contributed by atoms with Crippen LogP contribution in [0.4, 0.5) is 0 Å². The van der Waals surface area contributed by atoms with E-state index in [4.69, 9.17) is 8.92 Å². The molecule has 4 nitrogen and oxygen atoms in total. The van der Waals surface area contributed by atoms with Gasteiger partial charge in [-0.25, -0.2) is 0 Å². The molecule has 2 aromatic carbocycles. The topological polar surface area (TPSA) is 52.6 Å². The van der Waals surface area contributed by atoms with E-state index in [1.807, 2.05) is 6.08 Å². The van der Waals surface area contributed by atoms with Gasteiger partial charge in [-0.3, -0.25) is 0 Å². The van der Waals surface area contributed by atoms with Crippen LogP contribution in [0.25, 0.3) is 12.2 Å². The van der Waals surface area contributed by atoms with Gasteiger partial charge in [-0.2, -0.15) is 8.42 Å². The first-order valence-electron chi connectivity index (χ1n) is 6.00. The lowest BCUT2D eigenvalue weighted by molar-refractivity contribution is 0.413. The molecule has 0 aromatic heterocycles. The summed E-state index contributed by atoms with van der Waals surface area (Å²) in [6, 6.07) is 11.7. The first kappa shape index (κ1) is 12.7. The molecule has 1 heterocycles. The summed E-state index contributed by atoms with van der Waals surface area (Å²) in [6.07, 6.45) is 3.57. The molecule has 0 N–H and O–H groups in total. The number of ether oxygens (including phenoxy) is 1. The van der Waals surface area contributed by atoms with Gasteiger partial charge in [-0.05, 0) is 29.8 Å². The minimum atomic E-state index is -3.83. The number of fused-ring (bicyclic) bond motifs is 2. The third-order valence-electron chi connectivity index (χ3n) is 3.05. The van der Waals surface area contributed by atoms with E-state index >= 15 is 0 Å². The quantitative estimate of drug-likeness (QED) is 0.757. The second-order valence-corrected chi connectivity index (χ2v) is 5.83. The van der Waals surface area contributed by atoms with Gasteiger partial charge in [0.1, 0.15) is 16.4 Å². The van der Waals surface area contributed by atoms with E-state index < -0.39 is 10.1 Å². The number of methoxy groups -OCH3 is 1. The van der Waals surface area contributed by atoms with Gasteiger partial charge < -0.3 is 8.92 Å². The Bertz CT molecular complexity index is 791. The predicted molar refractivity (Wildman–Crippen MR) is 76.2 cm³/mol. The van der Waals surface area contributed by atoms with Crippen molar-refractivity contribution in [2.75, 3.05) is 7.11 Å². The average molecular weight is 288 g/mol. The Balaban J connectivity index is 2.23. The Morgan fingerprint density at radius 3 is 2.55 bits per heavy atom. The third kappa shape index (κ3) is 2.16. The average Bonchev–Trinajstić information content (AvgIpc) is 2.45. The lowest BCUT2D eigenvalue weighted by Crippen LogP contribution is -2.12. The van der Waals surface area contributed by atoms with Crippen molar-refractivity contribution >= 4 is 22.3 Å². The van der Waals surface area contributed by atoms with Crippen molar-refractivity contribution in [3.63, 3.8) is 0 Å². The zero-order valence-corrected chi connectivity index (χ0v) is 11.6. The standard InChI is InChI=1S/C15H12O4S/c1-18-13-8-9-14-12(10-13)7-6-11-4-2-3-5-15(11)20(16,17)19-14/h2-10H,1H3/b7-6-. The summed E-state index contributed by atoms with van der Waals surface area (Å²) in [4.78, 5) is 0.165. The maximum atomic E-state index is 12.3. The molecular weight excluding hydrogens is 276 g/mol. The highest BCUT2D eigenvalue weighted by atomic mass is 32.2. The van der Waals surface area contributed by atoms with Crippen molar-refractivity contribution in [3.05, 3.63) is 53.6 Å². The number of benzene rings is 2. The van der Waals surface area contributed by atoms with Crippen molar-refractivity contribution in [2.24, 2.45) is 0 Å². The van der Waals surface area contributed by atoms with Gasteiger partial charge in [0.25, 0.3) is 0 Å². The first-order valence-corrected chi connectivity index (χ1v) is 7.40. The first-order chi connectivity index (χ1) is 9.60. The minimum absolute atomic E-state index is 0.165. The molecule has 0 unspecified atom stereocenters. The molecule has 0 fully saturated rings. The van der Waals surface area contributed by atoms with Gasteiger partial charge >= 0.3 is 10.1 Å². The molecule has 0 spiro atoms. The fourth-order valence-electron chi connectivity index (χ4n) is 2.05. The van der Waals surface area contributed by atoms with Crippen LogP contribution in [0, 0.1) is 0 Å². The van der Waals surface area contributed by atoms with E-state index in [0.717, 1.165) is 0 Å². The van der Waals surface area contributed by atoms with Crippen molar-refractivity contribution in [2.45, 2.75) is 4.90 Å². The fraction of sp³-hybridized carbons (Fsp3) is 0.0667. The van der Waals surface area contributed by atoms with E-state index in [2.05, 4.69) is 0 Å². The van der Waals surface area contributed by atoms with Crippen LogP contribution < -0.4 is 8.92 Å². The normalized spacial score (nSPS) is 16.9. The van der Waals surface area contributed by atoms with Gasteiger partial charge in [0.2, 0.25) is 0 Å². The Kier molecular flexibility index (Phi) is 2.99. The Labute approximate surface area is 117 Å². The Morgan fingerprint density at radius 1 is 1.00 bits per heavy atom. The van der Waals surface area contributed by atoms with Crippen LogP contribution >= 0.6 is 0 Å². The van der Waals surface area contributed by atoms with Crippen LogP contribution in [-0.2, 0) is 10.1 Å². The Hall–Kier alpha value is -2.27. The highest BCUT2D eigenvalue weighted by Gasteiger charge is 2.22. The van der Waals surface area contributed by atoms with E-state index in [1.54, 1.807) is 49.6 Å². The molecule has 0 radical (unpaired) electrons. The van der Waals surface area contributed by atoms with Crippen molar-refractivity contribution in [3.8, 4) is 11.5 Å². The summed E-state index contributed by atoms with van der Waals surface area (Å²) >= 11 is 0. The molecular formula is C15H12O4S. The van der Waals surface area contributed by atoms with Crippen molar-refractivity contribution < 1.29 is 17.3 Å². The molecule has 0 atom stereocenters. The molecule has 3 rings (SSSR count). The number of hydrogen-bond donors (Lipinski definition) is 0. The molecule has 20 heavy (non-hydrogen) atoms. The number of hydrogen-bond acceptors (Lipinski definition) is 4. The third-order valence-corrected chi connectivity index (χ3v) is 4.36. The molecule has 0 bridgehead atoms. The van der Waals surface area contributed by atoms with Gasteiger partial charge in [0.05, 0.1) is 7.11 Å². The zero-order valence-electron chi connectivity index (χ0n) is 10.7. The summed E-state index contributed by atoms with van der Waals surface area (Å²) in [6.45, 7) is 0. The summed E-state index contributed by atoms with van der Waals surface area (Å²) in [5.41, 5.74) is 1.25. The van der Waals surface area contributed by atoms with E-state index in [1.165, 1.54) is 6.07 Å². The van der Waals surface area contributed by atoms with Crippen molar-refractivity contribution in [1.29, 1.82) is 0 Å². The van der Waals surface area contributed by atoms with Gasteiger partial charge in [-0.15, -0.1) is 0 Å². The minimum Gasteiger partial charge on any atom is -0.497 e. The fourth-order valence-corrected chi connectivity index (χ4v) is 3.20. The summed E-state index contributed by atoms with van der Waals surface area (Å²) < 4.78 is 34.9. The van der Waals surface area contributed by atoms with Crippen LogP contribution in [0.2, 0.25) is 0 Å². The molecule has 0 amide bonds. The van der Waals surface area contributed by atoms with Crippen LogP contribution in [0.1, 0.15) is 11.1 Å². The molecule has 0 aliphatic carbocycles. The predicted octanol–water partition coefficient (Wildman–Crippen LogP) is 2.95. The number of rotatable bonds is 1. The van der Waals surface area contributed by atoms with E-state index in [0.29, 0.717) is 16.9 Å². The van der Waals surface area contributed by atoms with E-state index in [-0.39, 0.29) is 10.6 Å². The smallest absolute Gasteiger partial charge is 0.339 e. The molecule has 0 saturated heterocycles. The molecule has 1 aliphatic heterocycles. The maximum absolute atomic E-state index is 12.3. The molecule has 102 valence electrons. The summed E-state index contributed by atoms with van der Waals surface area (Å²) in [5, 5.41) is 0. The molecule has 0 saturated carbocycles. The molecule has 1 aliphatic rings. The highest BCUT2D eigenvalue weighted by Crippen LogP contribution is 2.32. The van der Waals surface area contributed by atoms with Gasteiger partial charge in [-0.1, -0.05) is 30.4 Å². The lowest BCUT2D eigenvalue weighted by atomic mass is 10.1. The highest BCUT2D eigenvalue weighted by molar-refractivity contribution is 7.87. The van der Waals surface area contributed by atoms with Crippen molar-refractivity contribution in [1.82, 2.24) is 0 Å². The summed E-state index contributed by atoms with van der Waals surface area (Å²) in [5.74, 6) is 0.930. The maximum Gasteiger partial charge on any atom is 0.339 e. The zero-order chi connectivity index (χ0) is 14.2. The Morgan fingerprint density at radius 2 is 1.75 bits per heavy atom. The van der Waals surface area contributed by atoms with Gasteiger partial charge in [0, 0.05) is 5.56 Å². The second kappa shape index (κ2) is 4.68. The van der Waals surface area contributed by atoms with Crippen LogP contribution in [0.3, 0.4) is 0 Å². The van der Waals surface area contributed by atoms with Gasteiger partial charge in [0.15, 0.2) is 0 Å². The van der Waals surface area contributed by atoms with Crippen LogP contribution in [0.15, 0.2) is 47.4 Å². The van der Waals surface area contributed by atoms with Crippen LogP contribution in [-0.4, -0.2) is 15.5 Å². The van der Waals surface area contributed by atoms with Crippen LogP contribution in [0.5, 0.6) is 11.5 Å². The molecule has 5 heteroatoms. The molecule has 2 aromatic rings.